The minimum absolute atomic E-state index is 0.00717. The Hall–Kier alpha value is -3.23. The molecule has 1 atom stereocenters. The van der Waals surface area contributed by atoms with Crippen molar-refractivity contribution in [3.8, 4) is 11.1 Å². The number of carboxylic acid groups (broad SMARTS) is 1. The van der Waals surface area contributed by atoms with E-state index in [0.29, 0.717) is 26.6 Å². The Morgan fingerprint density at radius 3 is 2.57 bits per heavy atom. The van der Waals surface area contributed by atoms with E-state index >= 15 is 0 Å². The third-order valence-corrected chi connectivity index (χ3v) is 6.98. The number of halogens is 2. The van der Waals surface area contributed by atoms with Crippen LogP contribution in [0.4, 0.5) is 15.8 Å². The van der Waals surface area contributed by atoms with Crippen molar-refractivity contribution in [2.45, 2.75) is 11.8 Å². The van der Waals surface area contributed by atoms with E-state index < -0.39 is 29.0 Å². The molecule has 9 heteroatoms. The normalized spacial score (nSPS) is 19.3. The van der Waals surface area contributed by atoms with Crippen molar-refractivity contribution in [2.24, 2.45) is 0 Å². The van der Waals surface area contributed by atoms with Gasteiger partial charge >= 0.3 is 5.97 Å². The minimum Gasteiger partial charge on any atom is -0.477 e. The summed E-state index contributed by atoms with van der Waals surface area (Å²) in [6.07, 6.45) is -0.204. The molecule has 30 heavy (non-hydrogen) atoms. The largest absolute Gasteiger partial charge is 0.477 e. The highest BCUT2D eigenvalue weighted by atomic mass is 35.5. The fourth-order valence-electron chi connectivity index (χ4n) is 4.14. The molecular weight excluding hydrogens is 431 g/mol. The van der Waals surface area contributed by atoms with Crippen LogP contribution in [0.25, 0.3) is 11.1 Å². The molecule has 0 saturated heterocycles. The molecule has 1 spiro atoms. The monoisotopic (exact) mass is 442 g/mol. The predicted octanol–water partition coefficient (Wildman–Crippen LogP) is 4.49. The Kier molecular flexibility index (Phi) is 4.00. The number of amides is 2. The van der Waals surface area contributed by atoms with E-state index in [1.165, 1.54) is 18.2 Å². The van der Waals surface area contributed by atoms with E-state index in [1.807, 2.05) is 0 Å². The molecule has 0 radical (unpaired) electrons. The average molecular weight is 443 g/mol. The van der Waals surface area contributed by atoms with Gasteiger partial charge in [0.2, 0.25) is 11.8 Å². The second-order valence-electron chi connectivity index (χ2n) is 7.10. The van der Waals surface area contributed by atoms with Crippen LogP contribution in [0, 0.1) is 5.82 Å². The Bertz CT molecular complexity index is 1270. The molecule has 0 bridgehead atoms. The number of fused-ring (bicyclic) bond motifs is 4. The second kappa shape index (κ2) is 6.38. The van der Waals surface area contributed by atoms with Crippen LogP contribution in [0.15, 0.2) is 42.5 Å². The number of rotatable bonds is 2. The van der Waals surface area contributed by atoms with Gasteiger partial charge in [0.15, 0.2) is 0 Å². The first kappa shape index (κ1) is 18.8. The van der Waals surface area contributed by atoms with Gasteiger partial charge in [-0.2, -0.15) is 0 Å². The van der Waals surface area contributed by atoms with Crippen molar-refractivity contribution in [2.75, 3.05) is 10.6 Å². The number of carbonyl (C=O) groups excluding carboxylic acids is 2. The number of aromatic carboxylic acids is 1. The Balaban J connectivity index is 1.83. The molecule has 2 aliphatic rings. The quantitative estimate of drug-likeness (QED) is 0.545. The van der Waals surface area contributed by atoms with Gasteiger partial charge in [-0.05, 0) is 35.4 Å². The first-order valence-electron chi connectivity index (χ1n) is 8.89. The lowest BCUT2D eigenvalue weighted by molar-refractivity contribution is -0.125. The maximum atomic E-state index is 13.7. The molecule has 2 amide bonds. The van der Waals surface area contributed by atoms with Gasteiger partial charge in [-0.25, -0.2) is 9.18 Å². The topological polar surface area (TPSA) is 95.5 Å². The highest BCUT2D eigenvalue weighted by molar-refractivity contribution is 7.15. The lowest BCUT2D eigenvalue weighted by Crippen LogP contribution is -2.42. The fourth-order valence-corrected chi connectivity index (χ4v) is 5.59. The molecular formula is C21H12ClFN2O4S. The van der Waals surface area contributed by atoms with E-state index in [4.69, 9.17) is 11.6 Å². The van der Waals surface area contributed by atoms with E-state index in [-0.39, 0.29) is 22.7 Å². The number of thiophene rings is 1. The highest BCUT2D eigenvalue weighted by Crippen LogP contribution is 2.56. The molecule has 0 aliphatic carbocycles. The number of benzene rings is 2. The van der Waals surface area contributed by atoms with Crippen molar-refractivity contribution in [1.82, 2.24) is 0 Å². The van der Waals surface area contributed by atoms with Crippen LogP contribution in [0.3, 0.4) is 0 Å². The van der Waals surface area contributed by atoms with Gasteiger partial charge in [0.05, 0.1) is 17.0 Å². The molecule has 3 aromatic rings. The number of hydrogen-bond donors (Lipinski definition) is 3. The van der Waals surface area contributed by atoms with Gasteiger partial charge in [0.1, 0.15) is 16.1 Å². The van der Waals surface area contributed by atoms with Gasteiger partial charge in [-0.3, -0.25) is 9.59 Å². The lowest BCUT2D eigenvalue weighted by atomic mass is 9.74. The summed E-state index contributed by atoms with van der Waals surface area (Å²) in [5.74, 6) is -2.62. The van der Waals surface area contributed by atoms with E-state index in [9.17, 15) is 23.9 Å². The predicted molar refractivity (Wildman–Crippen MR) is 111 cm³/mol. The lowest BCUT2D eigenvalue weighted by Gasteiger charge is -2.31. The third-order valence-electron chi connectivity index (χ3n) is 5.39. The maximum absolute atomic E-state index is 13.7. The van der Waals surface area contributed by atoms with E-state index in [2.05, 4.69) is 10.6 Å². The van der Waals surface area contributed by atoms with Crippen molar-refractivity contribution in [3.63, 3.8) is 0 Å². The number of nitrogens with one attached hydrogen (secondary N) is 2. The van der Waals surface area contributed by atoms with Crippen LogP contribution in [0.1, 0.15) is 26.5 Å². The first-order valence-corrected chi connectivity index (χ1v) is 10.1. The summed E-state index contributed by atoms with van der Waals surface area (Å²) in [6, 6.07) is 10.4. The van der Waals surface area contributed by atoms with E-state index in [1.54, 1.807) is 24.3 Å². The second-order valence-corrected chi connectivity index (χ2v) is 8.55. The van der Waals surface area contributed by atoms with Crippen molar-refractivity contribution in [3.05, 3.63) is 68.6 Å². The van der Waals surface area contributed by atoms with Crippen LogP contribution in [-0.2, 0) is 15.0 Å². The van der Waals surface area contributed by atoms with Crippen molar-refractivity contribution >= 4 is 52.1 Å². The van der Waals surface area contributed by atoms with Gasteiger partial charge in [-0.1, -0.05) is 29.8 Å². The fraction of sp³-hybridized carbons (Fsp3) is 0.0952. The number of carbonyl (C=O) groups is 3. The molecule has 3 N–H and O–H groups in total. The summed E-state index contributed by atoms with van der Waals surface area (Å²) < 4.78 is 13.7. The zero-order valence-corrected chi connectivity index (χ0v) is 16.7. The van der Waals surface area contributed by atoms with Crippen LogP contribution in [0.5, 0.6) is 0 Å². The van der Waals surface area contributed by atoms with Crippen LogP contribution in [-0.4, -0.2) is 22.9 Å². The SMILES string of the molecule is O=C1C[C@]2(C(=O)Nc3cc(F)ccc32)c2sc(C(=O)O)c(-c3ccc(Cl)cc3)c2N1. The third kappa shape index (κ3) is 2.50. The van der Waals surface area contributed by atoms with Crippen molar-refractivity contribution < 1.29 is 23.9 Å². The molecule has 5 rings (SSSR count). The molecule has 1 aromatic heterocycles. The molecule has 6 nitrogen and oxygen atoms in total. The minimum atomic E-state index is -1.42. The molecule has 0 unspecified atom stereocenters. The van der Waals surface area contributed by atoms with E-state index in [0.717, 1.165) is 11.3 Å². The highest BCUT2D eigenvalue weighted by Gasteiger charge is 2.55. The van der Waals surface area contributed by atoms with Crippen LogP contribution < -0.4 is 10.6 Å². The number of hydrogen-bond acceptors (Lipinski definition) is 4. The Morgan fingerprint density at radius 1 is 1.13 bits per heavy atom. The molecule has 0 fully saturated rings. The Labute approximate surface area is 178 Å². The van der Waals surface area contributed by atoms with Gasteiger partial charge < -0.3 is 15.7 Å². The number of carboxylic acids is 1. The van der Waals surface area contributed by atoms with Gasteiger partial charge in [-0.15, -0.1) is 11.3 Å². The first-order chi connectivity index (χ1) is 14.3. The number of anilines is 2. The maximum Gasteiger partial charge on any atom is 0.346 e. The summed E-state index contributed by atoms with van der Waals surface area (Å²) in [4.78, 5) is 38.3. The summed E-state index contributed by atoms with van der Waals surface area (Å²) in [6.45, 7) is 0. The van der Waals surface area contributed by atoms with Crippen LogP contribution >= 0.6 is 22.9 Å². The standard InChI is InChI=1S/C21H12ClFN2O4S/c22-10-3-1-9(2-4-10)15-16-18(30-17(15)19(27)28)21(8-14(26)25-16)12-6-5-11(23)7-13(12)24-20(21)29/h1-7H,8H2,(H,24,29)(H,25,26)(H,27,28)/t21-/m1/s1. The van der Waals surface area contributed by atoms with Gasteiger partial charge in [0.25, 0.3) is 0 Å². The molecule has 2 aromatic carbocycles. The van der Waals surface area contributed by atoms with Crippen LogP contribution in [0.2, 0.25) is 5.02 Å². The summed E-state index contributed by atoms with van der Waals surface area (Å²) >= 11 is 6.90. The zero-order valence-electron chi connectivity index (χ0n) is 15.1. The summed E-state index contributed by atoms with van der Waals surface area (Å²) in [5, 5.41) is 15.7. The smallest absolute Gasteiger partial charge is 0.346 e. The van der Waals surface area contributed by atoms with Crippen molar-refractivity contribution in [1.29, 1.82) is 0 Å². The molecule has 3 heterocycles. The van der Waals surface area contributed by atoms with Gasteiger partial charge in [0, 0.05) is 16.3 Å². The summed E-state index contributed by atoms with van der Waals surface area (Å²) in [7, 11) is 0. The molecule has 150 valence electrons. The Morgan fingerprint density at radius 2 is 1.87 bits per heavy atom. The molecule has 2 aliphatic heterocycles. The average Bonchev–Trinajstić information content (AvgIpc) is 3.19. The summed E-state index contributed by atoms with van der Waals surface area (Å²) in [5.41, 5.74) is 0.452. The zero-order chi connectivity index (χ0) is 21.2. The molecule has 0 saturated carbocycles.